The predicted octanol–water partition coefficient (Wildman–Crippen LogP) is 5.81. The van der Waals surface area contributed by atoms with Crippen molar-refractivity contribution in [1.29, 1.82) is 0 Å². The molecule has 2 bridgehead atoms. The summed E-state index contributed by atoms with van der Waals surface area (Å²) in [7, 11) is 0. The van der Waals surface area contributed by atoms with Gasteiger partial charge in [0, 0.05) is 5.56 Å². The van der Waals surface area contributed by atoms with Crippen molar-refractivity contribution in [1.82, 2.24) is 0 Å². The molecule has 3 aromatic carbocycles. The van der Waals surface area contributed by atoms with Crippen LogP contribution in [0.2, 0.25) is 10.0 Å². The van der Waals surface area contributed by atoms with Gasteiger partial charge < -0.3 is 9.47 Å². The van der Waals surface area contributed by atoms with Gasteiger partial charge in [0.1, 0.15) is 5.75 Å². The van der Waals surface area contributed by atoms with Gasteiger partial charge in [-0.2, -0.15) is 0 Å². The summed E-state index contributed by atoms with van der Waals surface area (Å²) >= 11 is 11.8. The molecule has 6 atom stereocenters. The molecule has 8 nitrogen and oxygen atoms in total. The molecule has 0 radical (unpaired) electrons. The molecule has 216 valence electrons. The van der Waals surface area contributed by atoms with Crippen LogP contribution in [0.1, 0.15) is 37.5 Å². The number of hydrogen-bond donors (Lipinski definition) is 0. The van der Waals surface area contributed by atoms with E-state index in [-0.39, 0.29) is 62.9 Å². The third kappa shape index (κ3) is 4.75. The summed E-state index contributed by atoms with van der Waals surface area (Å²) in [6.07, 6.45) is 5.34. The number of imide groups is 1. The van der Waals surface area contributed by atoms with E-state index in [1.165, 1.54) is 59.5 Å². The third-order valence-electron chi connectivity index (χ3n) is 8.90. The zero-order valence-electron chi connectivity index (χ0n) is 22.4. The van der Waals surface area contributed by atoms with Crippen LogP contribution in [-0.4, -0.2) is 36.1 Å². The highest BCUT2D eigenvalue weighted by Gasteiger charge is 2.67. The Hall–Kier alpha value is -4.27. The number of anilines is 1. The van der Waals surface area contributed by atoms with Crippen molar-refractivity contribution in [3.05, 3.63) is 106 Å². The molecule has 2 amide bonds. The maximum absolute atomic E-state index is 13.3. The molecule has 5 aliphatic rings. The minimum absolute atomic E-state index is 0.133. The molecule has 4 aliphatic carbocycles. The van der Waals surface area contributed by atoms with Gasteiger partial charge in [-0.05, 0) is 96.8 Å². The Balaban J connectivity index is 0.944. The molecule has 1 heterocycles. The average molecular weight is 616 g/mol. The molecule has 0 N–H and O–H groups in total. The van der Waals surface area contributed by atoms with Crippen LogP contribution < -0.4 is 9.64 Å². The molecular formula is C33H23Cl2NO7. The van der Waals surface area contributed by atoms with Crippen LogP contribution in [0.5, 0.6) is 5.75 Å². The lowest BCUT2D eigenvalue weighted by Gasteiger charge is -2.37. The minimum atomic E-state index is -0.720. The van der Waals surface area contributed by atoms with Crippen LogP contribution in [0, 0.1) is 35.5 Å². The lowest BCUT2D eigenvalue weighted by atomic mass is 9.63. The Kier molecular flexibility index (Phi) is 6.71. The first kappa shape index (κ1) is 27.6. The molecule has 8 rings (SSSR count). The average Bonchev–Trinajstić information content (AvgIpc) is 3.80. The molecule has 1 aliphatic heterocycles. The number of nitrogens with zero attached hydrogens (tertiary/aromatic N) is 1. The molecule has 43 heavy (non-hydrogen) atoms. The second kappa shape index (κ2) is 10.5. The van der Waals surface area contributed by atoms with Gasteiger partial charge in [-0.1, -0.05) is 35.4 Å². The summed E-state index contributed by atoms with van der Waals surface area (Å²) in [5.74, 6) is -1.25. The highest BCUT2D eigenvalue weighted by atomic mass is 35.5. The summed E-state index contributed by atoms with van der Waals surface area (Å²) in [5, 5.41) is 0.531. The molecule has 1 saturated heterocycles. The first-order valence-corrected chi connectivity index (χ1v) is 14.6. The van der Waals surface area contributed by atoms with E-state index in [1.54, 1.807) is 12.1 Å². The summed E-state index contributed by atoms with van der Waals surface area (Å²) in [6, 6.07) is 16.2. The predicted molar refractivity (Wildman–Crippen MR) is 156 cm³/mol. The van der Waals surface area contributed by atoms with Crippen molar-refractivity contribution in [2.24, 2.45) is 35.5 Å². The number of hydrogen-bond acceptors (Lipinski definition) is 7. The quantitative estimate of drug-likeness (QED) is 0.108. The summed E-state index contributed by atoms with van der Waals surface area (Å²) in [4.78, 5) is 65.5. The SMILES string of the molecule is O=C(COC(=O)c1ccc(N2C(=O)C3C4C=CC(C5CC45)C3C2=O)cc1)c1ccc(OC(=O)c2ccc(Cl)c(Cl)c2)cc1. The number of amides is 2. The Bertz CT molecular complexity index is 1700. The zero-order chi connectivity index (χ0) is 30.0. The van der Waals surface area contributed by atoms with E-state index in [0.29, 0.717) is 22.5 Å². The van der Waals surface area contributed by atoms with Crippen LogP contribution in [0.15, 0.2) is 78.9 Å². The first-order chi connectivity index (χ1) is 20.7. The van der Waals surface area contributed by atoms with Gasteiger partial charge in [0.05, 0.1) is 38.7 Å². The fraction of sp³-hybridized carbons (Fsp3) is 0.242. The topological polar surface area (TPSA) is 107 Å². The van der Waals surface area contributed by atoms with Crippen molar-refractivity contribution < 1.29 is 33.4 Å². The molecule has 2 saturated carbocycles. The largest absolute Gasteiger partial charge is 0.454 e. The Morgan fingerprint density at radius 3 is 1.91 bits per heavy atom. The van der Waals surface area contributed by atoms with Crippen LogP contribution in [0.3, 0.4) is 0 Å². The third-order valence-corrected chi connectivity index (χ3v) is 9.64. The number of benzene rings is 3. The number of ketones is 1. The van der Waals surface area contributed by atoms with Crippen molar-refractivity contribution in [2.45, 2.75) is 6.42 Å². The van der Waals surface area contributed by atoms with Crippen LogP contribution in [-0.2, 0) is 14.3 Å². The van der Waals surface area contributed by atoms with Gasteiger partial charge in [-0.25, -0.2) is 9.59 Å². The normalized spacial score (nSPS) is 26.1. The molecule has 6 unspecified atom stereocenters. The number of ether oxygens (including phenoxy) is 2. The van der Waals surface area contributed by atoms with E-state index in [1.807, 2.05) is 0 Å². The van der Waals surface area contributed by atoms with Crippen molar-refractivity contribution >= 4 is 58.4 Å². The maximum Gasteiger partial charge on any atom is 0.343 e. The summed E-state index contributed by atoms with van der Waals surface area (Å²) < 4.78 is 10.5. The molecule has 3 fully saturated rings. The second-order valence-corrected chi connectivity index (χ2v) is 12.1. The minimum Gasteiger partial charge on any atom is -0.454 e. The number of Topliss-reactive ketones (excluding diaryl/α,β-unsaturated/α-hetero) is 1. The van der Waals surface area contributed by atoms with Crippen LogP contribution in [0.25, 0.3) is 0 Å². The lowest BCUT2D eigenvalue weighted by Crippen LogP contribution is -2.40. The van der Waals surface area contributed by atoms with Gasteiger partial charge in [-0.15, -0.1) is 0 Å². The van der Waals surface area contributed by atoms with Gasteiger partial charge in [0.15, 0.2) is 12.4 Å². The van der Waals surface area contributed by atoms with Crippen molar-refractivity contribution in [3.8, 4) is 5.75 Å². The highest BCUT2D eigenvalue weighted by molar-refractivity contribution is 6.42. The van der Waals surface area contributed by atoms with Crippen molar-refractivity contribution in [2.75, 3.05) is 11.5 Å². The summed E-state index contributed by atoms with van der Waals surface area (Å²) in [5.41, 5.74) is 1.07. The number of allylic oxidation sites excluding steroid dienone is 2. The standard InChI is InChI=1S/C33H23Cl2NO7/c34-25-12-5-18(13-26(25)35)33(41)43-20-8-3-16(4-9-20)27(37)15-42-32(40)17-1-6-19(7-2-17)36-30(38)28-21-10-11-22(24-14-23(21)24)29(28)31(36)39/h1-13,21-24,28-29H,14-15H2. The fourth-order valence-corrected chi connectivity index (χ4v) is 7.05. The number of carbonyl (C=O) groups is 5. The molecule has 0 aromatic heterocycles. The summed E-state index contributed by atoms with van der Waals surface area (Å²) in [6.45, 7) is -0.506. The number of esters is 2. The monoisotopic (exact) mass is 615 g/mol. The van der Waals surface area contributed by atoms with Crippen LogP contribution in [0.4, 0.5) is 5.69 Å². The molecular weight excluding hydrogens is 593 g/mol. The number of carbonyl (C=O) groups excluding carboxylic acids is 5. The van der Waals surface area contributed by atoms with Gasteiger partial charge in [0.25, 0.3) is 0 Å². The maximum atomic E-state index is 13.3. The van der Waals surface area contributed by atoms with Crippen molar-refractivity contribution in [3.63, 3.8) is 0 Å². The lowest BCUT2D eigenvalue weighted by molar-refractivity contribution is -0.124. The van der Waals surface area contributed by atoms with Gasteiger partial charge in [0.2, 0.25) is 11.8 Å². The van der Waals surface area contributed by atoms with E-state index in [0.717, 1.165) is 6.42 Å². The Morgan fingerprint density at radius 1 is 0.721 bits per heavy atom. The smallest absolute Gasteiger partial charge is 0.343 e. The van der Waals surface area contributed by atoms with Gasteiger partial charge in [-0.3, -0.25) is 19.3 Å². The molecule has 0 spiro atoms. The fourth-order valence-electron chi connectivity index (χ4n) is 6.75. The van der Waals surface area contributed by atoms with Gasteiger partial charge >= 0.3 is 11.9 Å². The number of halogens is 2. The first-order valence-electron chi connectivity index (χ1n) is 13.8. The molecule has 3 aromatic rings. The van der Waals surface area contributed by atoms with E-state index in [2.05, 4.69) is 12.2 Å². The highest BCUT2D eigenvalue weighted by Crippen LogP contribution is 2.65. The van der Waals surface area contributed by atoms with E-state index in [4.69, 9.17) is 32.7 Å². The zero-order valence-corrected chi connectivity index (χ0v) is 24.0. The Morgan fingerprint density at radius 2 is 1.30 bits per heavy atom. The van der Waals surface area contributed by atoms with E-state index in [9.17, 15) is 24.0 Å². The molecule has 10 heteroatoms. The van der Waals surface area contributed by atoms with E-state index >= 15 is 0 Å². The second-order valence-electron chi connectivity index (χ2n) is 11.3. The Labute approximate surface area is 256 Å². The van der Waals surface area contributed by atoms with E-state index < -0.39 is 24.3 Å². The van der Waals surface area contributed by atoms with Crippen LogP contribution >= 0.6 is 23.2 Å². The number of rotatable bonds is 7.